The van der Waals surface area contributed by atoms with Gasteiger partial charge in [0.15, 0.2) is 11.3 Å². The van der Waals surface area contributed by atoms with Gasteiger partial charge < -0.3 is 4.90 Å². The lowest BCUT2D eigenvalue weighted by molar-refractivity contribution is -0.291. The summed E-state index contributed by atoms with van der Waals surface area (Å²) in [6.07, 6.45) is -5.84. The van der Waals surface area contributed by atoms with Crippen LogP contribution in [0.5, 0.6) is 0 Å². The number of aryl methyl sites for hydroxylation is 1. The standard InChI is InChI=1S/C21H18ClF6N5O/c1-12-8-17(20(24,25)21(26,27)28)33-18(29-12)10-16(30-33)19(34)32-6-4-31(5-7-32)11-13-2-3-14(23)9-15(13)22/h2-3,8-10H,4-7,11H2,1H3. The molecule has 13 heteroatoms. The third-order valence-corrected chi connectivity index (χ3v) is 5.87. The SMILES string of the molecule is Cc1cc(C(F)(F)C(F)(F)F)n2nc(C(=O)N3CCN(Cc4ccc(F)cc4Cl)CC3)cc2n1. The Hall–Kier alpha value is -2.86. The maximum Gasteiger partial charge on any atom is 0.459 e. The molecule has 1 fully saturated rings. The molecule has 0 atom stereocenters. The number of hydrogen-bond acceptors (Lipinski definition) is 4. The molecule has 3 aromatic rings. The molecule has 1 saturated heterocycles. The quantitative estimate of drug-likeness (QED) is 0.492. The van der Waals surface area contributed by atoms with E-state index >= 15 is 0 Å². The molecule has 0 aliphatic carbocycles. The first kappa shape index (κ1) is 24.3. The van der Waals surface area contributed by atoms with Crippen molar-refractivity contribution in [2.75, 3.05) is 26.2 Å². The summed E-state index contributed by atoms with van der Waals surface area (Å²) in [7, 11) is 0. The molecular formula is C21H18ClF6N5O. The van der Waals surface area contributed by atoms with E-state index in [2.05, 4.69) is 10.1 Å². The molecule has 2 aromatic heterocycles. The fraction of sp³-hybridized carbons (Fsp3) is 0.381. The number of benzene rings is 1. The van der Waals surface area contributed by atoms with Gasteiger partial charge in [0.25, 0.3) is 5.91 Å². The number of carbonyl (C=O) groups excluding carboxylic acids is 1. The van der Waals surface area contributed by atoms with Crippen molar-refractivity contribution >= 4 is 23.2 Å². The minimum Gasteiger partial charge on any atom is -0.335 e. The Morgan fingerprint density at radius 1 is 1.06 bits per heavy atom. The molecule has 0 spiro atoms. The van der Waals surface area contributed by atoms with Crippen molar-refractivity contribution in [3.05, 3.63) is 63.8 Å². The Labute approximate surface area is 194 Å². The van der Waals surface area contributed by atoms with Gasteiger partial charge >= 0.3 is 12.1 Å². The monoisotopic (exact) mass is 505 g/mol. The van der Waals surface area contributed by atoms with Crippen LogP contribution in [0.3, 0.4) is 0 Å². The van der Waals surface area contributed by atoms with Crippen LogP contribution in [0.4, 0.5) is 26.3 Å². The van der Waals surface area contributed by atoms with Crippen LogP contribution in [0.2, 0.25) is 5.02 Å². The number of fused-ring (bicyclic) bond motifs is 1. The highest BCUT2D eigenvalue weighted by atomic mass is 35.5. The second-order valence-electron chi connectivity index (χ2n) is 7.96. The molecule has 1 aliphatic heterocycles. The topological polar surface area (TPSA) is 53.7 Å². The summed E-state index contributed by atoms with van der Waals surface area (Å²) in [6, 6.07) is 5.79. The Balaban J connectivity index is 1.51. The van der Waals surface area contributed by atoms with Crippen LogP contribution in [0.15, 0.2) is 30.3 Å². The molecular weight excluding hydrogens is 488 g/mol. The van der Waals surface area contributed by atoms with E-state index < -0.39 is 29.5 Å². The summed E-state index contributed by atoms with van der Waals surface area (Å²) in [4.78, 5) is 20.3. The number of hydrogen-bond donors (Lipinski definition) is 0. The molecule has 1 aromatic carbocycles. The first-order valence-electron chi connectivity index (χ1n) is 10.1. The number of aromatic nitrogens is 3. The van der Waals surface area contributed by atoms with Crippen molar-refractivity contribution in [3.8, 4) is 0 Å². The van der Waals surface area contributed by atoms with Gasteiger partial charge in [-0.15, -0.1) is 0 Å². The lowest BCUT2D eigenvalue weighted by atomic mass is 10.2. The van der Waals surface area contributed by atoms with Gasteiger partial charge in [-0.05, 0) is 30.7 Å². The lowest BCUT2D eigenvalue weighted by Gasteiger charge is -2.34. The first-order chi connectivity index (χ1) is 15.9. The van der Waals surface area contributed by atoms with Crippen molar-refractivity contribution in [1.29, 1.82) is 0 Å². The molecule has 0 bridgehead atoms. The minimum absolute atomic E-state index is 0.0709. The summed E-state index contributed by atoms with van der Waals surface area (Å²) >= 11 is 6.06. The Morgan fingerprint density at radius 2 is 1.74 bits per heavy atom. The van der Waals surface area contributed by atoms with Crippen LogP contribution >= 0.6 is 11.6 Å². The lowest BCUT2D eigenvalue weighted by Crippen LogP contribution is -2.48. The van der Waals surface area contributed by atoms with Gasteiger partial charge in [0.05, 0.1) is 0 Å². The van der Waals surface area contributed by atoms with E-state index in [1.807, 2.05) is 4.90 Å². The molecule has 0 unspecified atom stereocenters. The highest BCUT2D eigenvalue weighted by molar-refractivity contribution is 6.31. The van der Waals surface area contributed by atoms with Crippen LogP contribution in [-0.4, -0.2) is 62.7 Å². The maximum atomic E-state index is 14.1. The van der Waals surface area contributed by atoms with Gasteiger partial charge in [0.1, 0.15) is 11.5 Å². The van der Waals surface area contributed by atoms with Crippen molar-refractivity contribution in [1.82, 2.24) is 24.4 Å². The molecule has 1 aliphatic rings. The van der Waals surface area contributed by atoms with E-state index in [-0.39, 0.29) is 35.1 Å². The molecule has 0 saturated carbocycles. The van der Waals surface area contributed by atoms with Crippen LogP contribution in [0.1, 0.15) is 27.4 Å². The zero-order chi connectivity index (χ0) is 24.8. The van der Waals surface area contributed by atoms with Gasteiger partial charge in [0.2, 0.25) is 0 Å². The van der Waals surface area contributed by atoms with Gasteiger partial charge in [-0.2, -0.15) is 27.1 Å². The van der Waals surface area contributed by atoms with E-state index in [0.717, 1.165) is 11.6 Å². The van der Waals surface area contributed by atoms with E-state index in [0.29, 0.717) is 30.2 Å². The van der Waals surface area contributed by atoms with E-state index in [4.69, 9.17) is 11.6 Å². The van der Waals surface area contributed by atoms with Crippen LogP contribution in [0.25, 0.3) is 5.65 Å². The highest BCUT2D eigenvalue weighted by Gasteiger charge is 2.60. The Morgan fingerprint density at radius 3 is 2.35 bits per heavy atom. The van der Waals surface area contributed by atoms with E-state index in [9.17, 15) is 31.1 Å². The van der Waals surface area contributed by atoms with Crippen LogP contribution < -0.4 is 0 Å². The summed E-state index contributed by atoms with van der Waals surface area (Å²) < 4.78 is 80.6. The first-order valence-corrected chi connectivity index (χ1v) is 10.5. The number of amides is 1. The fourth-order valence-corrected chi connectivity index (χ4v) is 3.96. The maximum absolute atomic E-state index is 14.1. The van der Waals surface area contributed by atoms with Crippen molar-refractivity contribution < 1.29 is 31.1 Å². The third kappa shape index (κ3) is 4.56. The molecule has 0 N–H and O–H groups in total. The highest BCUT2D eigenvalue weighted by Crippen LogP contribution is 2.43. The number of alkyl halides is 5. The van der Waals surface area contributed by atoms with Gasteiger partial charge in [0, 0.05) is 49.5 Å². The minimum atomic E-state index is -5.84. The second kappa shape index (κ2) is 8.73. The average molecular weight is 506 g/mol. The summed E-state index contributed by atoms with van der Waals surface area (Å²) in [5.41, 5.74) is -1.33. The van der Waals surface area contributed by atoms with Gasteiger partial charge in [-0.25, -0.2) is 13.9 Å². The van der Waals surface area contributed by atoms with Gasteiger partial charge in [-0.1, -0.05) is 17.7 Å². The number of halogens is 7. The number of nitrogens with zero attached hydrogens (tertiary/aromatic N) is 5. The molecule has 1 amide bonds. The van der Waals surface area contributed by atoms with Crippen molar-refractivity contribution in [2.45, 2.75) is 25.6 Å². The van der Waals surface area contributed by atoms with Gasteiger partial charge in [-0.3, -0.25) is 9.69 Å². The van der Waals surface area contributed by atoms with Crippen LogP contribution in [-0.2, 0) is 12.5 Å². The second-order valence-corrected chi connectivity index (χ2v) is 8.37. The molecule has 182 valence electrons. The smallest absolute Gasteiger partial charge is 0.335 e. The molecule has 6 nitrogen and oxygen atoms in total. The summed E-state index contributed by atoms with van der Waals surface area (Å²) in [5, 5.41) is 4.02. The molecule has 3 heterocycles. The number of carbonyl (C=O) groups is 1. The Bertz CT molecular complexity index is 1240. The summed E-state index contributed by atoms with van der Waals surface area (Å²) in [5.74, 6) is -6.24. The number of piperazine rings is 1. The summed E-state index contributed by atoms with van der Waals surface area (Å²) in [6.45, 7) is 3.14. The predicted molar refractivity (Wildman–Crippen MR) is 110 cm³/mol. The van der Waals surface area contributed by atoms with Crippen molar-refractivity contribution in [3.63, 3.8) is 0 Å². The molecule has 34 heavy (non-hydrogen) atoms. The molecule has 4 rings (SSSR count). The van der Waals surface area contributed by atoms with Crippen LogP contribution in [0, 0.1) is 12.7 Å². The zero-order valence-electron chi connectivity index (χ0n) is 17.7. The largest absolute Gasteiger partial charge is 0.459 e. The zero-order valence-corrected chi connectivity index (χ0v) is 18.5. The third-order valence-electron chi connectivity index (χ3n) is 5.52. The normalized spacial score (nSPS) is 15.8. The van der Waals surface area contributed by atoms with E-state index in [1.165, 1.54) is 24.0 Å². The molecule has 0 radical (unpaired) electrons. The van der Waals surface area contributed by atoms with E-state index in [1.54, 1.807) is 6.07 Å². The van der Waals surface area contributed by atoms with Crippen molar-refractivity contribution in [2.24, 2.45) is 0 Å². The fourth-order valence-electron chi connectivity index (χ4n) is 3.74. The predicted octanol–water partition coefficient (Wildman–Crippen LogP) is 4.44. The average Bonchev–Trinajstić information content (AvgIpc) is 3.18. The Kier molecular flexibility index (Phi) is 6.23. The number of rotatable bonds is 4.